The number of hydrogen-bond acceptors (Lipinski definition) is 1. The van der Waals surface area contributed by atoms with E-state index in [1.54, 1.807) is 0 Å². The van der Waals surface area contributed by atoms with Crippen molar-refractivity contribution in [3.8, 4) is 0 Å². The molecule has 0 unspecified atom stereocenters. The number of nitrogens with one attached hydrogen (secondary N) is 1. The van der Waals surface area contributed by atoms with E-state index in [9.17, 15) is 0 Å². The van der Waals surface area contributed by atoms with Gasteiger partial charge in [-0.1, -0.05) is 19.8 Å². The molecule has 1 N–H and O–H groups in total. The van der Waals surface area contributed by atoms with Crippen LogP contribution >= 0.6 is 0 Å². The van der Waals surface area contributed by atoms with Gasteiger partial charge in [-0.05, 0) is 19.1 Å². The minimum atomic E-state index is 0. The standard InChI is InChI=1S/C6H13N.3ClH.Ru/c1-2-3-4-5-6-7;;;;/h6-7H,2-5H2,1H3;3*1H;/q;;;;+3/p-3. The quantitative estimate of drug-likeness (QED) is 0.303. The Balaban J connectivity index is -0.0000000300. The van der Waals surface area contributed by atoms with Crippen LogP contribution in [-0.2, 0) is 19.5 Å². The van der Waals surface area contributed by atoms with E-state index in [0.29, 0.717) is 0 Å². The van der Waals surface area contributed by atoms with E-state index < -0.39 is 0 Å². The summed E-state index contributed by atoms with van der Waals surface area (Å²) in [6.07, 6.45) is 6.17. The van der Waals surface area contributed by atoms with Crippen molar-refractivity contribution in [2.75, 3.05) is 0 Å². The van der Waals surface area contributed by atoms with Gasteiger partial charge in [-0.2, -0.15) is 0 Å². The average Bonchev–Trinajstić information content (AvgIpc) is 1.69. The second-order valence-corrected chi connectivity index (χ2v) is 1.70. The van der Waals surface area contributed by atoms with Gasteiger partial charge < -0.3 is 42.6 Å². The Morgan fingerprint density at radius 2 is 1.55 bits per heavy atom. The van der Waals surface area contributed by atoms with E-state index in [1.807, 2.05) is 0 Å². The molecule has 0 aliphatic rings. The monoisotopic (exact) mass is 306 g/mol. The molecule has 0 rings (SSSR count). The molecule has 0 saturated carbocycles. The van der Waals surface area contributed by atoms with Crippen molar-refractivity contribution in [1.82, 2.24) is 0 Å². The second kappa shape index (κ2) is 30.4. The SMILES string of the molecule is CCCCCC=N.[Cl-].[Cl-].[Cl-].[Ru+3]. The first-order valence-electron chi connectivity index (χ1n) is 2.90. The Morgan fingerprint density at radius 3 is 1.82 bits per heavy atom. The minimum absolute atomic E-state index is 0. The van der Waals surface area contributed by atoms with E-state index in [1.165, 1.54) is 25.5 Å². The van der Waals surface area contributed by atoms with Crippen LogP contribution in [0.1, 0.15) is 32.6 Å². The molecule has 71 valence electrons. The first kappa shape index (κ1) is 29.5. The zero-order valence-electron chi connectivity index (χ0n) is 6.39. The summed E-state index contributed by atoms with van der Waals surface area (Å²) in [5, 5.41) is 6.66. The molecule has 0 fully saturated rings. The van der Waals surface area contributed by atoms with Crippen molar-refractivity contribution in [1.29, 1.82) is 5.41 Å². The molecule has 0 aliphatic carbocycles. The molecule has 0 aromatic rings. The third kappa shape index (κ3) is 35.2. The molecule has 0 aromatic carbocycles. The maximum absolute atomic E-state index is 6.66. The number of halogens is 3. The molecule has 5 heteroatoms. The summed E-state index contributed by atoms with van der Waals surface area (Å²) in [4.78, 5) is 0. The number of hydrogen-bond donors (Lipinski definition) is 1. The van der Waals surface area contributed by atoms with Crippen LogP contribution in [0.3, 0.4) is 0 Å². The predicted octanol–water partition coefficient (Wildman–Crippen LogP) is -6.77. The van der Waals surface area contributed by atoms with Crippen molar-refractivity contribution in [3.63, 3.8) is 0 Å². The predicted molar refractivity (Wildman–Crippen MR) is 32.9 cm³/mol. The normalized spacial score (nSPS) is 5.55. The Kier molecular flexibility index (Phi) is 81.5. The molecule has 11 heavy (non-hydrogen) atoms. The molecule has 0 spiro atoms. The van der Waals surface area contributed by atoms with Crippen LogP contribution in [0.2, 0.25) is 0 Å². The summed E-state index contributed by atoms with van der Waals surface area (Å²) in [6.45, 7) is 2.17. The van der Waals surface area contributed by atoms with Crippen LogP contribution in [0.25, 0.3) is 0 Å². The van der Waals surface area contributed by atoms with Gasteiger partial charge in [0.1, 0.15) is 0 Å². The molecule has 1 nitrogen and oxygen atoms in total. The maximum Gasteiger partial charge on any atom is 3.00 e. The molecular formula is C6H13Cl3NRu. The Hall–Kier alpha value is 1.16. The Bertz CT molecular complexity index is 55.1. The van der Waals surface area contributed by atoms with Crippen LogP contribution in [0, 0.1) is 5.41 Å². The van der Waals surface area contributed by atoms with Crippen LogP contribution in [-0.4, -0.2) is 6.21 Å². The largest absolute Gasteiger partial charge is 3.00 e. The molecule has 0 bridgehead atoms. The minimum Gasteiger partial charge on any atom is -1.00 e. The fraction of sp³-hybridized carbons (Fsp3) is 0.833. The average molecular weight is 307 g/mol. The number of unbranched alkanes of at least 4 members (excludes halogenated alkanes) is 3. The third-order valence-electron chi connectivity index (χ3n) is 0.952. The molecule has 0 aliphatic heterocycles. The van der Waals surface area contributed by atoms with Gasteiger partial charge in [0.15, 0.2) is 0 Å². The van der Waals surface area contributed by atoms with E-state index in [2.05, 4.69) is 6.92 Å². The number of rotatable bonds is 4. The molecule has 0 saturated heterocycles. The first-order chi connectivity index (χ1) is 3.41. The molecule has 0 aromatic heterocycles. The topological polar surface area (TPSA) is 23.9 Å². The van der Waals surface area contributed by atoms with E-state index >= 15 is 0 Å². The van der Waals surface area contributed by atoms with Crippen LogP contribution in [0.15, 0.2) is 0 Å². The van der Waals surface area contributed by atoms with E-state index in [4.69, 9.17) is 5.41 Å². The second-order valence-electron chi connectivity index (χ2n) is 1.70. The van der Waals surface area contributed by atoms with Crippen LogP contribution in [0.5, 0.6) is 0 Å². The van der Waals surface area contributed by atoms with Gasteiger partial charge in [-0.3, -0.25) is 0 Å². The van der Waals surface area contributed by atoms with Gasteiger partial charge in [0, 0.05) is 0 Å². The van der Waals surface area contributed by atoms with Gasteiger partial charge in [0.25, 0.3) is 0 Å². The summed E-state index contributed by atoms with van der Waals surface area (Å²) >= 11 is 0. The van der Waals surface area contributed by atoms with E-state index in [0.717, 1.165) is 6.42 Å². The summed E-state index contributed by atoms with van der Waals surface area (Å²) in [5.41, 5.74) is 0. The smallest absolute Gasteiger partial charge is 1.00 e. The van der Waals surface area contributed by atoms with Crippen LogP contribution < -0.4 is 37.2 Å². The summed E-state index contributed by atoms with van der Waals surface area (Å²) in [7, 11) is 0. The summed E-state index contributed by atoms with van der Waals surface area (Å²) in [6, 6.07) is 0. The Morgan fingerprint density at radius 1 is 1.09 bits per heavy atom. The van der Waals surface area contributed by atoms with Gasteiger partial charge in [0.2, 0.25) is 0 Å². The molecular weight excluding hydrogens is 294 g/mol. The van der Waals surface area contributed by atoms with Gasteiger partial charge in [-0.25, -0.2) is 0 Å². The molecule has 0 heterocycles. The van der Waals surface area contributed by atoms with Crippen molar-refractivity contribution < 1.29 is 56.7 Å². The van der Waals surface area contributed by atoms with E-state index in [-0.39, 0.29) is 56.7 Å². The Labute approximate surface area is 101 Å². The van der Waals surface area contributed by atoms with Crippen molar-refractivity contribution in [2.45, 2.75) is 32.6 Å². The van der Waals surface area contributed by atoms with Crippen molar-refractivity contribution in [3.05, 3.63) is 0 Å². The van der Waals surface area contributed by atoms with Crippen molar-refractivity contribution in [2.24, 2.45) is 0 Å². The zero-order chi connectivity index (χ0) is 5.54. The van der Waals surface area contributed by atoms with Crippen LogP contribution in [0.4, 0.5) is 0 Å². The van der Waals surface area contributed by atoms with Gasteiger partial charge in [-0.15, -0.1) is 0 Å². The maximum atomic E-state index is 6.66. The molecule has 1 radical (unpaired) electrons. The fourth-order valence-electron chi connectivity index (χ4n) is 0.496. The zero-order valence-corrected chi connectivity index (χ0v) is 10.4. The summed E-state index contributed by atoms with van der Waals surface area (Å²) in [5.74, 6) is 0. The van der Waals surface area contributed by atoms with Crippen molar-refractivity contribution >= 4 is 6.21 Å². The fourth-order valence-corrected chi connectivity index (χ4v) is 0.496. The van der Waals surface area contributed by atoms with Gasteiger partial charge in [0.05, 0.1) is 0 Å². The third-order valence-corrected chi connectivity index (χ3v) is 0.952. The molecule has 0 atom stereocenters. The molecule has 0 amide bonds. The summed E-state index contributed by atoms with van der Waals surface area (Å²) < 4.78 is 0. The van der Waals surface area contributed by atoms with Gasteiger partial charge >= 0.3 is 19.5 Å². The first-order valence-corrected chi connectivity index (χ1v) is 2.90.